The number of rotatable bonds is 4. The second-order valence-corrected chi connectivity index (χ2v) is 4.05. The smallest absolute Gasteiger partial charge is 0.257 e. The van der Waals surface area contributed by atoms with Crippen LogP contribution in [0.5, 0.6) is 0 Å². The number of carbonyl (C=O) groups excluding carboxylic acids is 1. The second kappa shape index (κ2) is 5.60. The number of carbonyl (C=O) groups is 1. The third kappa shape index (κ3) is 3.40. The number of nitrogens with two attached hydrogens (primary N) is 1. The summed E-state index contributed by atoms with van der Waals surface area (Å²) in [6.45, 7) is 3.70. The molecule has 0 fully saturated rings. The number of aliphatic hydroxyl groups excluding tert-OH is 1. The van der Waals surface area contributed by atoms with E-state index in [2.05, 4.69) is 10.4 Å². The first-order valence-corrected chi connectivity index (χ1v) is 5.32. The molecule has 1 rings (SSSR count). The number of hydrogen-bond acceptors (Lipinski definition) is 5. The average molecular weight is 238 g/mol. The van der Waals surface area contributed by atoms with Crippen molar-refractivity contribution in [3.8, 4) is 0 Å². The molecule has 0 aliphatic heterocycles. The Hall–Kier alpha value is -1.66. The van der Waals surface area contributed by atoms with E-state index in [-0.39, 0.29) is 12.5 Å². The molecule has 0 radical (unpaired) electrons. The van der Waals surface area contributed by atoms with Crippen LogP contribution in [0.4, 0.5) is 5.69 Å². The molecule has 1 unspecified atom stereocenters. The molecular formula is C11H18N4O2. The molecule has 1 heterocycles. The predicted molar refractivity (Wildman–Crippen MR) is 65.4 cm³/mol. The molecule has 0 spiro atoms. The Balaban J connectivity index is 2.95. The minimum absolute atomic E-state index is 0.230. The highest BCUT2D eigenvalue weighted by Gasteiger charge is 2.17. The van der Waals surface area contributed by atoms with Crippen LogP contribution in [0.15, 0.2) is 12.3 Å². The quantitative estimate of drug-likeness (QED) is 0.512. The summed E-state index contributed by atoms with van der Waals surface area (Å²) in [4.78, 5) is 17.5. The summed E-state index contributed by atoms with van der Waals surface area (Å²) in [5, 5.41) is 9.24. The monoisotopic (exact) mass is 238 g/mol. The van der Waals surface area contributed by atoms with Crippen molar-refractivity contribution >= 4 is 11.6 Å². The van der Waals surface area contributed by atoms with Crippen molar-refractivity contribution in [3.05, 3.63) is 23.5 Å². The van der Waals surface area contributed by atoms with E-state index in [0.717, 1.165) is 5.69 Å². The summed E-state index contributed by atoms with van der Waals surface area (Å²) in [6, 6.07) is 1.70. The Kier molecular flexibility index (Phi) is 4.42. The van der Waals surface area contributed by atoms with E-state index in [4.69, 9.17) is 5.84 Å². The molecule has 94 valence electrons. The van der Waals surface area contributed by atoms with Crippen molar-refractivity contribution in [2.75, 3.05) is 19.0 Å². The fraction of sp³-hybridized carbons (Fsp3) is 0.455. The molecule has 1 aromatic rings. The number of aromatic nitrogens is 1. The van der Waals surface area contributed by atoms with Gasteiger partial charge in [-0.15, -0.1) is 0 Å². The van der Waals surface area contributed by atoms with Gasteiger partial charge >= 0.3 is 0 Å². The number of likely N-dealkylation sites (N-methyl/N-ethyl adjacent to an activating group) is 1. The number of pyridine rings is 1. The van der Waals surface area contributed by atoms with E-state index in [0.29, 0.717) is 11.3 Å². The highest BCUT2D eigenvalue weighted by atomic mass is 16.3. The zero-order valence-electron chi connectivity index (χ0n) is 10.3. The Labute approximate surface area is 100 Å². The van der Waals surface area contributed by atoms with E-state index in [1.807, 2.05) is 6.92 Å². The molecule has 6 heteroatoms. The molecule has 0 saturated carbocycles. The molecule has 0 aromatic carbocycles. The number of aliphatic hydroxyl groups is 1. The van der Waals surface area contributed by atoms with Crippen LogP contribution in [0.1, 0.15) is 23.0 Å². The van der Waals surface area contributed by atoms with Gasteiger partial charge in [-0.3, -0.25) is 15.6 Å². The largest absolute Gasteiger partial charge is 0.392 e. The topological polar surface area (TPSA) is 91.5 Å². The van der Waals surface area contributed by atoms with Crippen LogP contribution in [0.3, 0.4) is 0 Å². The Morgan fingerprint density at radius 3 is 2.88 bits per heavy atom. The molecular weight excluding hydrogens is 220 g/mol. The van der Waals surface area contributed by atoms with E-state index in [1.165, 1.54) is 11.1 Å². The first-order chi connectivity index (χ1) is 7.95. The molecule has 0 bridgehead atoms. The highest BCUT2D eigenvalue weighted by Crippen LogP contribution is 2.16. The molecule has 0 saturated heterocycles. The standard InChI is InChI=1S/C11H18N4O2/c1-7-4-10(14-12)9(5-13-7)11(17)15(3)6-8(2)16/h4-5,8,16H,6,12H2,1-3H3,(H,13,14). The van der Waals surface area contributed by atoms with Crippen LogP contribution < -0.4 is 11.3 Å². The SMILES string of the molecule is Cc1cc(NN)c(C(=O)N(C)CC(C)O)cn1. The first kappa shape index (κ1) is 13.4. The Morgan fingerprint density at radius 2 is 2.35 bits per heavy atom. The van der Waals surface area contributed by atoms with Crippen molar-refractivity contribution in [1.82, 2.24) is 9.88 Å². The van der Waals surface area contributed by atoms with Crippen molar-refractivity contribution in [3.63, 3.8) is 0 Å². The lowest BCUT2D eigenvalue weighted by molar-refractivity contribution is 0.0704. The van der Waals surface area contributed by atoms with Crippen LogP contribution >= 0.6 is 0 Å². The van der Waals surface area contributed by atoms with Crippen LogP contribution in [0.2, 0.25) is 0 Å². The molecule has 17 heavy (non-hydrogen) atoms. The normalized spacial score (nSPS) is 12.1. The van der Waals surface area contributed by atoms with Crippen LogP contribution in [0, 0.1) is 6.92 Å². The van der Waals surface area contributed by atoms with Crippen molar-refractivity contribution in [2.45, 2.75) is 20.0 Å². The molecule has 4 N–H and O–H groups in total. The minimum Gasteiger partial charge on any atom is -0.392 e. The summed E-state index contributed by atoms with van der Waals surface area (Å²) >= 11 is 0. The van der Waals surface area contributed by atoms with Crippen LogP contribution in [0.25, 0.3) is 0 Å². The lowest BCUT2D eigenvalue weighted by atomic mass is 10.2. The molecule has 1 atom stereocenters. The van der Waals surface area contributed by atoms with Gasteiger partial charge in [-0.05, 0) is 19.9 Å². The number of amides is 1. The maximum absolute atomic E-state index is 12.1. The Bertz CT molecular complexity index is 406. The lowest BCUT2D eigenvalue weighted by Crippen LogP contribution is -2.33. The maximum Gasteiger partial charge on any atom is 0.257 e. The van der Waals surface area contributed by atoms with Crippen molar-refractivity contribution in [1.29, 1.82) is 0 Å². The fourth-order valence-electron chi connectivity index (χ4n) is 1.53. The number of nitrogens with one attached hydrogen (secondary N) is 1. The van der Waals surface area contributed by atoms with Gasteiger partial charge in [0, 0.05) is 25.5 Å². The van der Waals surface area contributed by atoms with E-state index < -0.39 is 6.10 Å². The molecule has 0 aliphatic carbocycles. The van der Waals surface area contributed by atoms with Gasteiger partial charge in [-0.1, -0.05) is 0 Å². The summed E-state index contributed by atoms with van der Waals surface area (Å²) in [5.74, 6) is 5.13. The average Bonchev–Trinajstić information content (AvgIpc) is 2.27. The van der Waals surface area contributed by atoms with Gasteiger partial charge in [-0.2, -0.15) is 0 Å². The van der Waals surface area contributed by atoms with Gasteiger partial charge in [-0.25, -0.2) is 0 Å². The zero-order valence-corrected chi connectivity index (χ0v) is 10.3. The first-order valence-electron chi connectivity index (χ1n) is 5.32. The number of nitrogen functional groups attached to an aromatic ring is 1. The van der Waals surface area contributed by atoms with Gasteiger partial charge in [0.1, 0.15) is 0 Å². The van der Waals surface area contributed by atoms with Crippen molar-refractivity contribution < 1.29 is 9.90 Å². The van der Waals surface area contributed by atoms with Crippen LogP contribution in [-0.4, -0.2) is 40.6 Å². The molecule has 0 aliphatic rings. The van der Waals surface area contributed by atoms with E-state index in [1.54, 1.807) is 20.0 Å². The summed E-state index contributed by atoms with van der Waals surface area (Å²) in [5.41, 5.74) is 4.16. The summed E-state index contributed by atoms with van der Waals surface area (Å²) < 4.78 is 0. The third-order valence-corrected chi connectivity index (χ3v) is 2.31. The maximum atomic E-state index is 12.1. The summed E-state index contributed by atoms with van der Waals surface area (Å²) in [7, 11) is 1.62. The van der Waals surface area contributed by atoms with E-state index in [9.17, 15) is 9.90 Å². The predicted octanol–water partition coefficient (Wildman–Crippen LogP) is 0.128. The van der Waals surface area contributed by atoms with Gasteiger partial charge in [0.15, 0.2) is 0 Å². The highest BCUT2D eigenvalue weighted by molar-refractivity contribution is 5.99. The molecule has 6 nitrogen and oxygen atoms in total. The van der Waals surface area contributed by atoms with Gasteiger partial charge in [0.2, 0.25) is 0 Å². The minimum atomic E-state index is -0.573. The number of nitrogens with zero attached hydrogens (tertiary/aromatic N) is 2. The van der Waals surface area contributed by atoms with Gasteiger partial charge < -0.3 is 15.4 Å². The number of hydrazine groups is 1. The second-order valence-electron chi connectivity index (χ2n) is 4.05. The number of aryl methyl sites for hydroxylation is 1. The van der Waals surface area contributed by atoms with E-state index >= 15 is 0 Å². The molecule has 1 aromatic heterocycles. The van der Waals surface area contributed by atoms with Gasteiger partial charge in [0.25, 0.3) is 5.91 Å². The number of anilines is 1. The van der Waals surface area contributed by atoms with Crippen LogP contribution in [-0.2, 0) is 0 Å². The molecule has 1 amide bonds. The van der Waals surface area contributed by atoms with Gasteiger partial charge in [0.05, 0.1) is 17.4 Å². The summed E-state index contributed by atoms with van der Waals surface area (Å²) in [6.07, 6.45) is 0.905. The Morgan fingerprint density at radius 1 is 1.71 bits per heavy atom. The zero-order chi connectivity index (χ0) is 13.0. The van der Waals surface area contributed by atoms with Crippen molar-refractivity contribution in [2.24, 2.45) is 5.84 Å². The fourth-order valence-corrected chi connectivity index (χ4v) is 1.53. The third-order valence-electron chi connectivity index (χ3n) is 2.31. The number of hydrogen-bond donors (Lipinski definition) is 3. The lowest BCUT2D eigenvalue weighted by Gasteiger charge is -2.20.